The van der Waals surface area contributed by atoms with E-state index in [0.29, 0.717) is 22.3 Å². The zero-order valence-electron chi connectivity index (χ0n) is 22.6. The van der Waals surface area contributed by atoms with E-state index in [1.54, 1.807) is 36.4 Å². The summed E-state index contributed by atoms with van der Waals surface area (Å²) in [5.74, 6) is -0.802. The van der Waals surface area contributed by atoms with Gasteiger partial charge in [-0.15, -0.1) is 0 Å². The number of hydrogen-bond acceptors (Lipinski definition) is 7. The van der Waals surface area contributed by atoms with Gasteiger partial charge in [-0.2, -0.15) is 9.40 Å². The second-order valence-electron chi connectivity index (χ2n) is 10.2. The number of rotatable bonds is 8. The number of para-hydroxylation sites is 1. The van der Waals surface area contributed by atoms with E-state index < -0.39 is 27.4 Å². The number of carbonyl (C=O) groups is 1. The summed E-state index contributed by atoms with van der Waals surface area (Å²) in [6.07, 6.45) is 2.50. The molecule has 6 rings (SSSR count). The van der Waals surface area contributed by atoms with Gasteiger partial charge in [0, 0.05) is 24.0 Å². The number of ketones is 1. The third-order valence-electron chi connectivity index (χ3n) is 7.14. The molecule has 1 aliphatic heterocycles. The van der Waals surface area contributed by atoms with Crippen LogP contribution in [0.3, 0.4) is 0 Å². The predicted octanol–water partition coefficient (Wildman–Crippen LogP) is 4.60. The van der Waals surface area contributed by atoms with Crippen LogP contribution >= 0.6 is 0 Å². The molecule has 10 nitrogen and oxygen atoms in total. The number of nitrogens with zero attached hydrogens (tertiary/aromatic N) is 3. The second kappa shape index (κ2) is 10.3. The smallest absolute Gasteiger partial charge is 0.214 e. The maximum atomic E-state index is 14.8. The maximum absolute atomic E-state index is 14.8. The number of hydrogen-bond donors (Lipinski definition) is 3. The quantitative estimate of drug-likeness (QED) is 0.224. The zero-order valence-corrected chi connectivity index (χ0v) is 23.4. The number of aromatic amines is 1. The normalized spacial score (nSPS) is 14.2. The van der Waals surface area contributed by atoms with Crippen LogP contribution in [0.4, 0.5) is 20.3 Å². The standard InChI is InChI=1S/C29H26F2N6O4S/c1-16-9-19(41-27-6-4-3-5-21(27)30)7-8-26(16)37-29(32)20(13-33-37)28(38)25-11-17-10-22(31)24(12-23(17)35-25)34-18-14-36(15-18)42(2,39)40/h3-13,18,34-35H,14-15,32H2,1-2H3. The van der Waals surface area contributed by atoms with Gasteiger partial charge in [0.1, 0.15) is 17.4 Å². The molecule has 1 aliphatic rings. The van der Waals surface area contributed by atoms with Crippen molar-refractivity contribution >= 4 is 38.2 Å². The summed E-state index contributed by atoms with van der Waals surface area (Å²) >= 11 is 0. The van der Waals surface area contributed by atoms with E-state index in [2.05, 4.69) is 15.4 Å². The molecule has 3 aromatic carbocycles. The molecule has 1 fully saturated rings. The molecule has 4 N–H and O–H groups in total. The van der Waals surface area contributed by atoms with Crippen LogP contribution in [0.5, 0.6) is 11.5 Å². The van der Waals surface area contributed by atoms with E-state index in [4.69, 9.17) is 10.5 Å². The summed E-state index contributed by atoms with van der Waals surface area (Å²) in [7, 11) is -3.29. The summed E-state index contributed by atoms with van der Waals surface area (Å²) < 4.78 is 60.4. The highest BCUT2D eigenvalue weighted by atomic mass is 32.2. The Morgan fingerprint density at radius 1 is 1.10 bits per heavy atom. The van der Waals surface area contributed by atoms with Crippen molar-refractivity contribution in [1.29, 1.82) is 0 Å². The third kappa shape index (κ3) is 5.08. The molecule has 5 aromatic rings. The fourth-order valence-electron chi connectivity index (χ4n) is 4.86. The van der Waals surface area contributed by atoms with E-state index in [9.17, 15) is 22.0 Å². The van der Waals surface area contributed by atoms with Crippen molar-refractivity contribution in [2.75, 3.05) is 30.4 Å². The number of fused-ring (bicyclic) bond motifs is 1. The lowest BCUT2D eigenvalue weighted by Gasteiger charge is -2.38. The van der Waals surface area contributed by atoms with Gasteiger partial charge in [0.2, 0.25) is 15.8 Å². The molecule has 216 valence electrons. The molecular formula is C29H26F2N6O4S. The number of ether oxygens (including phenoxy) is 1. The lowest BCUT2D eigenvalue weighted by Crippen LogP contribution is -2.56. The maximum Gasteiger partial charge on any atom is 0.214 e. The number of nitrogens with one attached hydrogen (secondary N) is 2. The highest BCUT2D eigenvalue weighted by molar-refractivity contribution is 7.88. The summed E-state index contributed by atoms with van der Waals surface area (Å²) in [4.78, 5) is 16.4. The first-order chi connectivity index (χ1) is 20.0. The van der Waals surface area contributed by atoms with Crippen LogP contribution in [-0.4, -0.2) is 58.7 Å². The number of carbonyl (C=O) groups excluding carboxylic acids is 1. The van der Waals surface area contributed by atoms with Gasteiger partial charge >= 0.3 is 0 Å². The number of halogens is 2. The van der Waals surface area contributed by atoms with Gasteiger partial charge in [-0.1, -0.05) is 12.1 Å². The lowest BCUT2D eigenvalue weighted by atomic mass is 10.1. The number of aryl methyl sites for hydroxylation is 1. The molecule has 0 spiro atoms. The van der Waals surface area contributed by atoms with Crippen molar-refractivity contribution in [3.05, 3.63) is 95.3 Å². The molecule has 0 bridgehead atoms. The largest absolute Gasteiger partial charge is 0.454 e. The zero-order chi connectivity index (χ0) is 29.8. The van der Waals surface area contributed by atoms with Crippen molar-refractivity contribution in [3.63, 3.8) is 0 Å². The van der Waals surface area contributed by atoms with Crippen LogP contribution in [0, 0.1) is 18.6 Å². The van der Waals surface area contributed by atoms with Gasteiger partial charge in [0.15, 0.2) is 11.6 Å². The summed E-state index contributed by atoms with van der Waals surface area (Å²) in [6, 6.07) is 15.3. The molecule has 0 atom stereocenters. The van der Waals surface area contributed by atoms with Crippen molar-refractivity contribution in [2.24, 2.45) is 0 Å². The van der Waals surface area contributed by atoms with Gasteiger partial charge in [0.25, 0.3) is 0 Å². The summed E-state index contributed by atoms with van der Waals surface area (Å²) in [5, 5.41) is 7.82. The van der Waals surface area contributed by atoms with Crippen LogP contribution in [-0.2, 0) is 10.0 Å². The fourth-order valence-corrected chi connectivity index (χ4v) is 5.76. The molecule has 2 aromatic heterocycles. The van der Waals surface area contributed by atoms with E-state index in [0.717, 1.165) is 11.8 Å². The van der Waals surface area contributed by atoms with Crippen molar-refractivity contribution in [3.8, 4) is 17.2 Å². The third-order valence-corrected chi connectivity index (χ3v) is 8.38. The molecule has 0 amide bonds. The molecule has 0 saturated carbocycles. The van der Waals surface area contributed by atoms with Crippen molar-refractivity contribution in [2.45, 2.75) is 13.0 Å². The molecule has 0 unspecified atom stereocenters. The highest BCUT2D eigenvalue weighted by Crippen LogP contribution is 2.30. The number of aromatic nitrogens is 3. The molecule has 42 heavy (non-hydrogen) atoms. The van der Waals surface area contributed by atoms with E-state index in [1.165, 1.54) is 39.4 Å². The number of benzene rings is 3. The van der Waals surface area contributed by atoms with E-state index in [1.807, 2.05) is 6.92 Å². The van der Waals surface area contributed by atoms with E-state index >= 15 is 0 Å². The Kier molecular flexibility index (Phi) is 6.70. The van der Waals surface area contributed by atoms with Gasteiger partial charge in [-0.25, -0.2) is 21.9 Å². The van der Waals surface area contributed by atoms with Crippen LogP contribution in [0.2, 0.25) is 0 Å². The number of H-pyrrole nitrogens is 1. The minimum Gasteiger partial charge on any atom is -0.454 e. The number of nitrogens with two attached hydrogens (primary N) is 1. The van der Waals surface area contributed by atoms with Crippen LogP contribution in [0.15, 0.2) is 66.9 Å². The van der Waals surface area contributed by atoms with Gasteiger partial charge < -0.3 is 20.8 Å². The molecule has 0 aliphatic carbocycles. The average Bonchev–Trinajstić information content (AvgIpc) is 3.49. The Labute approximate surface area is 239 Å². The molecule has 13 heteroatoms. The van der Waals surface area contributed by atoms with Crippen LogP contribution < -0.4 is 15.8 Å². The lowest BCUT2D eigenvalue weighted by molar-refractivity contribution is 0.103. The van der Waals surface area contributed by atoms with Crippen molar-refractivity contribution < 1.29 is 26.7 Å². The van der Waals surface area contributed by atoms with Gasteiger partial charge in [-0.05, 0) is 61.0 Å². The van der Waals surface area contributed by atoms with Crippen molar-refractivity contribution in [1.82, 2.24) is 19.1 Å². The molecule has 1 saturated heterocycles. The Morgan fingerprint density at radius 2 is 1.86 bits per heavy atom. The fraction of sp³-hybridized carbons (Fsp3) is 0.172. The first kappa shape index (κ1) is 27.4. The Hall–Kier alpha value is -4.75. The van der Waals surface area contributed by atoms with Gasteiger partial charge in [-0.3, -0.25) is 4.79 Å². The number of anilines is 2. The second-order valence-corrected chi connectivity index (χ2v) is 12.2. The molecule has 3 heterocycles. The van der Waals surface area contributed by atoms with Crippen LogP contribution in [0.25, 0.3) is 16.6 Å². The average molecular weight is 593 g/mol. The topological polar surface area (TPSA) is 135 Å². The Balaban J connectivity index is 1.21. The summed E-state index contributed by atoms with van der Waals surface area (Å²) in [6.45, 7) is 2.30. The predicted molar refractivity (Wildman–Crippen MR) is 155 cm³/mol. The molecular weight excluding hydrogens is 566 g/mol. The minimum absolute atomic E-state index is 0.0962. The SMILES string of the molecule is Cc1cc(Oc2ccccc2F)ccc1-n1ncc(C(=O)c2cc3cc(F)c(NC4CN(S(C)(=O)=O)C4)cc3[nH]2)c1N. The number of nitrogen functional groups attached to an aromatic ring is 1. The number of sulfonamides is 1. The van der Waals surface area contributed by atoms with Crippen LogP contribution in [0.1, 0.15) is 21.6 Å². The monoisotopic (exact) mass is 592 g/mol. The minimum atomic E-state index is -3.29. The first-order valence-corrected chi connectivity index (χ1v) is 14.8. The highest BCUT2D eigenvalue weighted by Gasteiger charge is 2.33. The Bertz CT molecular complexity index is 1960. The molecule has 0 radical (unpaired) electrons. The summed E-state index contributed by atoms with van der Waals surface area (Å²) in [5.41, 5.74) is 8.76. The van der Waals surface area contributed by atoms with Gasteiger partial charge in [0.05, 0.1) is 41.1 Å². The van der Waals surface area contributed by atoms with E-state index in [-0.39, 0.29) is 47.6 Å². The first-order valence-electron chi connectivity index (χ1n) is 12.9. The Morgan fingerprint density at radius 3 is 2.57 bits per heavy atom.